The van der Waals surface area contributed by atoms with Crippen molar-refractivity contribution in [3.63, 3.8) is 0 Å². The maximum absolute atomic E-state index is 6.07. The molecule has 1 saturated carbocycles. The van der Waals surface area contributed by atoms with E-state index in [4.69, 9.17) is 32.0 Å². The summed E-state index contributed by atoms with van der Waals surface area (Å²) < 4.78 is 5.69. The van der Waals surface area contributed by atoms with Crippen LogP contribution in [0.5, 0.6) is 5.75 Å². The molecule has 4 rings (SSSR count). The number of nitrogens with one attached hydrogen (secondary N) is 1. The Labute approximate surface area is 206 Å². The van der Waals surface area contributed by atoms with Gasteiger partial charge in [-0.1, -0.05) is 29.8 Å². The molecule has 0 saturated heterocycles. The zero-order valence-corrected chi connectivity index (χ0v) is 20.3. The maximum atomic E-state index is 6.07. The summed E-state index contributed by atoms with van der Waals surface area (Å²) in [6, 6.07) is 14.3. The van der Waals surface area contributed by atoms with Gasteiger partial charge in [0.2, 0.25) is 0 Å². The van der Waals surface area contributed by atoms with Gasteiger partial charge in [0, 0.05) is 22.5 Å². The predicted octanol–water partition coefficient (Wildman–Crippen LogP) is 6.38. The van der Waals surface area contributed by atoms with Crippen molar-refractivity contribution >= 4 is 65.3 Å². The van der Waals surface area contributed by atoms with Crippen LogP contribution in [0.4, 0.5) is 5.82 Å². The number of nitrogens with zero attached hydrogens (tertiary/aromatic N) is 2. The topological polar surface area (TPSA) is 73.1 Å². The minimum atomic E-state index is 0. The highest BCUT2D eigenvalue weighted by Crippen LogP contribution is 2.29. The third-order valence-corrected chi connectivity index (χ3v) is 5.66. The van der Waals surface area contributed by atoms with E-state index in [0.29, 0.717) is 24.5 Å². The van der Waals surface area contributed by atoms with E-state index in [1.165, 1.54) is 0 Å². The number of rotatable bonds is 6. The van der Waals surface area contributed by atoms with Crippen LogP contribution >= 0.6 is 36.4 Å². The normalized spacial score (nSPS) is 18.1. The fourth-order valence-electron chi connectivity index (χ4n) is 3.77. The van der Waals surface area contributed by atoms with Gasteiger partial charge >= 0.3 is 0 Å². The quantitative estimate of drug-likeness (QED) is 0.415. The highest BCUT2D eigenvalue weighted by molar-refractivity contribution is 6.30. The lowest BCUT2D eigenvalue weighted by molar-refractivity contribution is 0.340. The van der Waals surface area contributed by atoms with Gasteiger partial charge in [-0.3, -0.25) is 0 Å². The van der Waals surface area contributed by atoms with E-state index >= 15 is 0 Å². The first-order valence-corrected chi connectivity index (χ1v) is 10.9. The molecule has 1 heterocycles. The number of ether oxygens (including phenoxy) is 1. The summed E-state index contributed by atoms with van der Waals surface area (Å²) in [6.45, 7) is 2.60. The van der Waals surface area contributed by atoms with E-state index in [1.54, 1.807) is 0 Å². The molecule has 0 atom stereocenters. The number of fused-ring (bicyclic) bond motifs is 1. The summed E-state index contributed by atoms with van der Waals surface area (Å²) in [6.07, 6.45) is 8.10. The molecular formula is C24H29Cl3N4O. The summed E-state index contributed by atoms with van der Waals surface area (Å²) in [4.78, 5) is 9.56. The predicted molar refractivity (Wildman–Crippen MR) is 139 cm³/mol. The molecule has 1 fully saturated rings. The summed E-state index contributed by atoms with van der Waals surface area (Å²) in [7, 11) is 0. The smallest absolute Gasteiger partial charge is 0.154 e. The molecule has 5 nitrogen and oxygen atoms in total. The highest BCUT2D eigenvalue weighted by Gasteiger charge is 2.20. The average molecular weight is 496 g/mol. The molecule has 3 N–H and O–H groups in total. The SMILES string of the molecule is CCOc1ccc2nc(C=Cc3ccc(Cl)cc3)nc(N[C@H]3CC[C@@H](N)CC3)c2c1.Cl.Cl. The monoisotopic (exact) mass is 494 g/mol. The first-order valence-electron chi connectivity index (χ1n) is 10.5. The van der Waals surface area contributed by atoms with E-state index in [0.717, 1.165) is 58.7 Å². The number of anilines is 1. The van der Waals surface area contributed by atoms with Crippen molar-refractivity contribution in [3.05, 3.63) is 58.9 Å². The van der Waals surface area contributed by atoms with Crippen LogP contribution in [-0.4, -0.2) is 28.7 Å². The lowest BCUT2D eigenvalue weighted by atomic mass is 9.92. The molecule has 1 aliphatic rings. The number of hydrogen-bond acceptors (Lipinski definition) is 5. The van der Waals surface area contributed by atoms with Crippen molar-refractivity contribution in [1.29, 1.82) is 0 Å². The third-order valence-electron chi connectivity index (χ3n) is 5.40. The van der Waals surface area contributed by atoms with E-state index in [-0.39, 0.29) is 24.8 Å². The van der Waals surface area contributed by atoms with Crippen molar-refractivity contribution < 1.29 is 4.74 Å². The zero-order chi connectivity index (χ0) is 20.9. The molecule has 32 heavy (non-hydrogen) atoms. The van der Waals surface area contributed by atoms with E-state index in [9.17, 15) is 0 Å². The number of halogens is 3. The van der Waals surface area contributed by atoms with E-state index < -0.39 is 0 Å². The Morgan fingerprint density at radius 2 is 1.75 bits per heavy atom. The second kappa shape index (κ2) is 12.3. The van der Waals surface area contributed by atoms with Crippen LogP contribution in [0.1, 0.15) is 44.0 Å². The highest BCUT2D eigenvalue weighted by atomic mass is 35.5. The van der Waals surface area contributed by atoms with Crippen molar-refractivity contribution in [2.24, 2.45) is 5.73 Å². The molecule has 0 amide bonds. The van der Waals surface area contributed by atoms with Crippen LogP contribution in [0.15, 0.2) is 42.5 Å². The molecule has 0 aliphatic heterocycles. The maximum Gasteiger partial charge on any atom is 0.154 e. The van der Waals surface area contributed by atoms with Crippen LogP contribution in [0.25, 0.3) is 23.1 Å². The Balaban J connectivity index is 0.00000181. The minimum Gasteiger partial charge on any atom is -0.494 e. The van der Waals surface area contributed by atoms with Crippen LogP contribution in [-0.2, 0) is 0 Å². The Bertz CT molecular complexity index is 1040. The third kappa shape index (κ3) is 6.72. The van der Waals surface area contributed by atoms with Crippen LogP contribution in [0, 0.1) is 0 Å². The molecule has 1 aliphatic carbocycles. The van der Waals surface area contributed by atoms with Crippen molar-refractivity contribution in [2.45, 2.75) is 44.7 Å². The van der Waals surface area contributed by atoms with Gasteiger partial charge in [0.15, 0.2) is 5.82 Å². The number of benzene rings is 2. The van der Waals surface area contributed by atoms with Crippen LogP contribution in [0.3, 0.4) is 0 Å². The second-order valence-electron chi connectivity index (χ2n) is 7.68. The standard InChI is InChI=1S/C24H27ClN4O.2ClH/c1-2-30-20-12-13-22-21(15-20)24(27-19-10-8-18(26)9-11-19)29-23(28-22)14-5-16-3-6-17(25)7-4-16;;/h3-7,12-15,18-19H,2,8-11,26H2,1H3,(H,27,28,29);2*1H/t18-,19+;;. The summed E-state index contributed by atoms with van der Waals surface area (Å²) in [5, 5.41) is 5.34. The van der Waals surface area contributed by atoms with Gasteiger partial charge in [-0.15, -0.1) is 24.8 Å². The van der Waals surface area contributed by atoms with Crippen molar-refractivity contribution in [2.75, 3.05) is 11.9 Å². The van der Waals surface area contributed by atoms with Crippen LogP contribution < -0.4 is 15.8 Å². The molecule has 0 bridgehead atoms. The summed E-state index contributed by atoms with van der Waals surface area (Å²) in [5.74, 6) is 2.33. The van der Waals surface area contributed by atoms with Gasteiger partial charge in [-0.05, 0) is 74.6 Å². The molecule has 0 radical (unpaired) electrons. The lowest BCUT2D eigenvalue weighted by Gasteiger charge is -2.27. The first kappa shape index (κ1) is 26.2. The molecule has 1 aromatic heterocycles. The van der Waals surface area contributed by atoms with E-state index in [2.05, 4.69) is 5.32 Å². The fraction of sp³-hybridized carbons (Fsp3) is 0.333. The second-order valence-corrected chi connectivity index (χ2v) is 8.12. The molecule has 3 aromatic rings. The van der Waals surface area contributed by atoms with Crippen molar-refractivity contribution in [3.8, 4) is 5.75 Å². The molecule has 0 unspecified atom stereocenters. The molecule has 2 aromatic carbocycles. The average Bonchev–Trinajstić information content (AvgIpc) is 2.75. The summed E-state index contributed by atoms with van der Waals surface area (Å²) in [5.41, 5.74) is 8.01. The molecule has 172 valence electrons. The Kier molecular flexibility index (Phi) is 10.0. The van der Waals surface area contributed by atoms with Gasteiger partial charge < -0.3 is 15.8 Å². The van der Waals surface area contributed by atoms with Gasteiger partial charge in [0.25, 0.3) is 0 Å². The molecule has 8 heteroatoms. The van der Waals surface area contributed by atoms with Gasteiger partial charge in [0.1, 0.15) is 11.6 Å². The number of hydrogen-bond donors (Lipinski definition) is 2. The fourth-order valence-corrected chi connectivity index (χ4v) is 3.89. The lowest BCUT2D eigenvalue weighted by Crippen LogP contribution is -2.33. The number of aromatic nitrogens is 2. The number of nitrogens with two attached hydrogens (primary N) is 1. The minimum absolute atomic E-state index is 0. The van der Waals surface area contributed by atoms with Crippen LogP contribution in [0.2, 0.25) is 5.02 Å². The molecule has 0 spiro atoms. The van der Waals surface area contributed by atoms with E-state index in [1.807, 2.05) is 61.5 Å². The summed E-state index contributed by atoms with van der Waals surface area (Å²) >= 11 is 5.98. The largest absolute Gasteiger partial charge is 0.494 e. The van der Waals surface area contributed by atoms with Crippen molar-refractivity contribution in [1.82, 2.24) is 9.97 Å². The molecular weight excluding hydrogens is 467 g/mol. The van der Waals surface area contributed by atoms with Gasteiger partial charge in [0.05, 0.1) is 12.1 Å². The zero-order valence-electron chi connectivity index (χ0n) is 18.0. The Morgan fingerprint density at radius 1 is 1.03 bits per heavy atom. The van der Waals surface area contributed by atoms with Gasteiger partial charge in [-0.2, -0.15) is 0 Å². The Morgan fingerprint density at radius 3 is 2.44 bits per heavy atom. The first-order chi connectivity index (χ1) is 14.6. The Hall–Kier alpha value is -2.05. The van der Waals surface area contributed by atoms with Gasteiger partial charge in [-0.25, -0.2) is 9.97 Å².